The lowest BCUT2D eigenvalue weighted by Gasteiger charge is -2.21. The first-order valence-corrected chi connectivity index (χ1v) is 4.09. The van der Waals surface area contributed by atoms with E-state index in [9.17, 15) is 9.90 Å². The molecule has 0 aromatic heterocycles. The average molecular weight is 166 g/mol. The molecule has 0 aromatic rings. The number of aliphatic hydroxyl groups is 1. The van der Waals surface area contributed by atoms with Gasteiger partial charge in [0.05, 0.1) is 5.41 Å². The molecule has 0 saturated carbocycles. The molecule has 2 heteroatoms. The minimum atomic E-state index is -0.561. The maximum Gasteiger partial charge on any atom is 0.207 e. The monoisotopic (exact) mass is 166 g/mol. The summed E-state index contributed by atoms with van der Waals surface area (Å²) in [6.07, 6.45) is 0.687. The van der Waals surface area contributed by atoms with Gasteiger partial charge >= 0.3 is 0 Å². The molecular weight excluding hydrogens is 152 g/mol. The number of carbonyl (C=O) groups excluding carboxylic acids is 1. The van der Waals surface area contributed by atoms with E-state index in [1.165, 1.54) is 0 Å². The second-order valence-corrected chi connectivity index (χ2v) is 3.47. The molecular formula is C10H14O2. The van der Waals surface area contributed by atoms with Gasteiger partial charge in [0.2, 0.25) is 5.78 Å². The Balaban J connectivity index is 3.20. The lowest BCUT2D eigenvalue weighted by molar-refractivity contribution is -0.123. The van der Waals surface area contributed by atoms with E-state index >= 15 is 0 Å². The maximum atomic E-state index is 11.5. The number of allylic oxidation sites excluding steroid dienone is 3. The summed E-state index contributed by atoms with van der Waals surface area (Å²) in [5.41, 5.74) is 0.839. The van der Waals surface area contributed by atoms with Crippen LogP contribution in [0.25, 0.3) is 0 Å². The van der Waals surface area contributed by atoms with Crippen molar-refractivity contribution < 1.29 is 9.90 Å². The predicted octanol–water partition coefficient (Wildman–Crippen LogP) is 2.37. The molecule has 1 unspecified atom stereocenters. The van der Waals surface area contributed by atoms with Gasteiger partial charge < -0.3 is 5.11 Å². The second-order valence-electron chi connectivity index (χ2n) is 3.47. The smallest absolute Gasteiger partial charge is 0.207 e. The van der Waals surface area contributed by atoms with Crippen LogP contribution in [-0.4, -0.2) is 10.9 Å². The molecule has 0 amide bonds. The van der Waals surface area contributed by atoms with E-state index in [4.69, 9.17) is 0 Å². The summed E-state index contributed by atoms with van der Waals surface area (Å²) in [7, 11) is 0. The van der Waals surface area contributed by atoms with Crippen LogP contribution in [0.15, 0.2) is 23.5 Å². The van der Waals surface area contributed by atoms with Crippen LogP contribution >= 0.6 is 0 Å². The second kappa shape index (κ2) is 2.47. The molecule has 66 valence electrons. The summed E-state index contributed by atoms with van der Waals surface area (Å²) >= 11 is 0. The number of Topliss-reactive ketones (excluding diaryl/α,β-unsaturated/α-hetero) is 1. The van der Waals surface area contributed by atoms with Gasteiger partial charge in [-0.1, -0.05) is 13.5 Å². The predicted molar refractivity (Wildman–Crippen MR) is 47.9 cm³/mol. The van der Waals surface area contributed by atoms with E-state index in [1.807, 2.05) is 13.8 Å². The quantitative estimate of drug-likeness (QED) is 0.649. The molecule has 1 aliphatic rings. The Morgan fingerprint density at radius 1 is 1.58 bits per heavy atom. The summed E-state index contributed by atoms with van der Waals surface area (Å²) in [6, 6.07) is 0. The third-order valence-electron chi connectivity index (χ3n) is 2.90. The molecule has 12 heavy (non-hydrogen) atoms. The van der Waals surface area contributed by atoms with E-state index in [1.54, 1.807) is 6.92 Å². The molecule has 0 heterocycles. The average Bonchev–Trinajstić information content (AvgIpc) is 2.22. The molecule has 0 saturated heterocycles. The Morgan fingerprint density at radius 2 is 2.08 bits per heavy atom. The van der Waals surface area contributed by atoms with E-state index in [-0.39, 0.29) is 11.5 Å². The normalized spacial score (nSPS) is 30.2. The lowest BCUT2D eigenvalue weighted by Crippen LogP contribution is -2.24. The molecule has 0 spiro atoms. The summed E-state index contributed by atoms with van der Waals surface area (Å²) in [4.78, 5) is 11.5. The first-order valence-electron chi connectivity index (χ1n) is 4.09. The van der Waals surface area contributed by atoms with Crippen LogP contribution in [0, 0.1) is 5.41 Å². The van der Waals surface area contributed by atoms with Gasteiger partial charge in [0.25, 0.3) is 0 Å². The maximum absolute atomic E-state index is 11.5. The van der Waals surface area contributed by atoms with Gasteiger partial charge in [-0.3, -0.25) is 4.79 Å². The van der Waals surface area contributed by atoms with Crippen LogP contribution in [-0.2, 0) is 4.79 Å². The molecule has 1 atom stereocenters. The highest BCUT2D eigenvalue weighted by Gasteiger charge is 2.43. The molecule has 0 aromatic carbocycles. The standard InChI is InChI=1S/C10H14O2/c1-5-10(4)7(3)6(2)8(11)9(10)12/h11H,3,5H2,1-2,4H3. The van der Waals surface area contributed by atoms with Crippen LogP contribution in [0.3, 0.4) is 0 Å². The zero-order valence-electron chi connectivity index (χ0n) is 7.77. The Bertz CT molecular complexity index is 260. The largest absolute Gasteiger partial charge is 0.504 e. The van der Waals surface area contributed by atoms with Crippen LogP contribution in [0.5, 0.6) is 0 Å². The van der Waals surface area contributed by atoms with Crippen molar-refractivity contribution in [2.45, 2.75) is 27.2 Å². The highest BCUT2D eigenvalue weighted by Crippen LogP contribution is 2.43. The van der Waals surface area contributed by atoms with Crippen molar-refractivity contribution in [2.75, 3.05) is 0 Å². The molecule has 2 nitrogen and oxygen atoms in total. The van der Waals surface area contributed by atoms with Gasteiger partial charge in [0.1, 0.15) is 0 Å². The van der Waals surface area contributed by atoms with Crippen molar-refractivity contribution >= 4 is 5.78 Å². The van der Waals surface area contributed by atoms with Gasteiger partial charge in [0, 0.05) is 0 Å². The van der Waals surface area contributed by atoms with E-state index in [2.05, 4.69) is 6.58 Å². The fourth-order valence-electron chi connectivity index (χ4n) is 1.50. The van der Waals surface area contributed by atoms with Crippen LogP contribution < -0.4 is 0 Å². The van der Waals surface area contributed by atoms with Gasteiger partial charge in [-0.15, -0.1) is 0 Å². The Morgan fingerprint density at radius 3 is 2.25 bits per heavy atom. The summed E-state index contributed by atoms with van der Waals surface area (Å²) in [5.74, 6) is -0.295. The van der Waals surface area contributed by atoms with Crippen molar-refractivity contribution in [3.8, 4) is 0 Å². The van der Waals surface area contributed by atoms with Crippen LogP contribution in [0.2, 0.25) is 0 Å². The molecule has 1 rings (SSSR count). The van der Waals surface area contributed by atoms with E-state index < -0.39 is 5.41 Å². The van der Waals surface area contributed by atoms with Gasteiger partial charge in [-0.25, -0.2) is 0 Å². The van der Waals surface area contributed by atoms with Crippen molar-refractivity contribution in [3.63, 3.8) is 0 Å². The van der Waals surface area contributed by atoms with Crippen LogP contribution in [0.4, 0.5) is 0 Å². The minimum absolute atomic E-state index is 0.107. The van der Waals surface area contributed by atoms with E-state index in [0.717, 1.165) is 5.57 Å². The van der Waals surface area contributed by atoms with Gasteiger partial charge in [0.15, 0.2) is 5.76 Å². The van der Waals surface area contributed by atoms with Crippen molar-refractivity contribution in [3.05, 3.63) is 23.5 Å². The number of aliphatic hydroxyl groups excluding tert-OH is 1. The van der Waals surface area contributed by atoms with Crippen LogP contribution in [0.1, 0.15) is 27.2 Å². The zero-order valence-corrected chi connectivity index (χ0v) is 7.77. The molecule has 1 N–H and O–H groups in total. The highest BCUT2D eigenvalue weighted by atomic mass is 16.3. The van der Waals surface area contributed by atoms with Crippen molar-refractivity contribution in [1.82, 2.24) is 0 Å². The minimum Gasteiger partial charge on any atom is -0.504 e. The SMILES string of the molecule is C=C1C(C)=C(O)C(=O)C1(C)CC. The van der Waals surface area contributed by atoms with Gasteiger partial charge in [-0.2, -0.15) is 0 Å². The molecule has 0 fully saturated rings. The fraction of sp³-hybridized carbons (Fsp3) is 0.500. The summed E-state index contributed by atoms with van der Waals surface area (Å²) in [5, 5.41) is 9.37. The number of ketones is 1. The fourth-order valence-corrected chi connectivity index (χ4v) is 1.50. The van der Waals surface area contributed by atoms with Crippen molar-refractivity contribution in [2.24, 2.45) is 5.41 Å². The summed E-state index contributed by atoms with van der Waals surface area (Å²) in [6.45, 7) is 9.30. The van der Waals surface area contributed by atoms with E-state index in [0.29, 0.717) is 12.0 Å². The Kier molecular flexibility index (Phi) is 1.86. The summed E-state index contributed by atoms with van der Waals surface area (Å²) < 4.78 is 0. The topological polar surface area (TPSA) is 37.3 Å². The third kappa shape index (κ3) is 0.840. The first kappa shape index (κ1) is 9.04. The molecule has 0 bridgehead atoms. The van der Waals surface area contributed by atoms with Crippen molar-refractivity contribution in [1.29, 1.82) is 0 Å². The van der Waals surface area contributed by atoms with Gasteiger partial charge in [-0.05, 0) is 31.4 Å². The Hall–Kier alpha value is -1.05. The number of carbonyl (C=O) groups is 1. The Labute approximate surface area is 72.6 Å². The zero-order chi connectivity index (χ0) is 9.52. The highest BCUT2D eigenvalue weighted by molar-refractivity contribution is 6.05. The number of rotatable bonds is 1. The number of hydrogen-bond acceptors (Lipinski definition) is 2. The molecule has 1 aliphatic carbocycles. The first-order chi connectivity index (χ1) is 5.45. The molecule has 0 radical (unpaired) electrons. The third-order valence-corrected chi connectivity index (χ3v) is 2.90. The number of hydrogen-bond donors (Lipinski definition) is 1. The lowest BCUT2D eigenvalue weighted by atomic mass is 9.80. The molecule has 0 aliphatic heterocycles.